The molecule has 0 bridgehead atoms. The molecule has 40 heavy (non-hydrogen) atoms. The minimum Gasteiger partial charge on any atom is -0.494 e. The summed E-state index contributed by atoms with van der Waals surface area (Å²) in [5, 5.41) is 6.43. The van der Waals surface area contributed by atoms with Crippen molar-refractivity contribution in [1.82, 2.24) is 9.29 Å². The Labute approximate surface area is 224 Å². The molecule has 0 aliphatic carbocycles. The fraction of sp³-hybridized carbons (Fsp3) is 0.200. The molecule has 2 N–H and O–H groups in total. The lowest BCUT2D eigenvalue weighted by Gasteiger charge is -2.15. The molecule has 1 heterocycles. The van der Waals surface area contributed by atoms with Gasteiger partial charge in [0.2, 0.25) is 0 Å². The van der Waals surface area contributed by atoms with E-state index in [0.717, 1.165) is 40.4 Å². The van der Waals surface area contributed by atoms with Gasteiger partial charge in [-0.05, 0) is 49.0 Å². The van der Waals surface area contributed by atoms with Gasteiger partial charge in [0.15, 0.2) is 0 Å². The third kappa shape index (κ3) is 6.54. The molecule has 0 atom stereocenters. The summed E-state index contributed by atoms with van der Waals surface area (Å²) in [6.45, 7) is 0.275. The monoisotopic (exact) mass is 589 g/mol. The molecule has 0 aliphatic heterocycles. The minimum atomic E-state index is -5.01. The molecule has 214 valence electrons. The zero-order chi connectivity index (χ0) is 29.3. The van der Waals surface area contributed by atoms with Gasteiger partial charge < -0.3 is 24.8 Å². The maximum absolute atomic E-state index is 13.6. The van der Waals surface area contributed by atoms with Gasteiger partial charge in [-0.2, -0.15) is 0 Å². The Morgan fingerprint density at radius 2 is 1.55 bits per heavy atom. The SMILES string of the molecule is CNCc1cn(S(=O)(=O)c2cccc(OC(F)(F)F)c2)c2cc(Nc3ccc(OC(F)(F)F)cc3OC)ccc12. The van der Waals surface area contributed by atoms with E-state index in [1.807, 2.05) is 0 Å². The summed E-state index contributed by atoms with van der Waals surface area (Å²) in [5.74, 6) is -1.19. The van der Waals surface area contributed by atoms with Gasteiger partial charge in [0.1, 0.15) is 17.2 Å². The molecule has 3 aromatic carbocycles. The Kier molecular flexibility index (Phi) is 7.81. The number of nitrogens with one attached hydrogen (secondary N) is 2. The van der Waals surface area contributed by atoms with Crippen LogP contribution in [0.3, 0.4) is 0 Å². The van der Waals surface area contributed by atoms with E-state index < -0.39 is 39.1 Å². The van der Waals surface area contributed by atoms with E-state index in [4.69, 9.17) is 4.74 Å². The molecule has 0 fully saturated rings. The van der Waals surface area contributed by atoms with Gasteiger partial charge in [0.05, 0.1) is 23.2 Å². The van der Waals surface area contributed by atoms with Crippen molar-refractivity contribution in [1.29, 1.82) is 0 Å². The fourth-order valence-corrected chi connectivity index (χ4v) is 5.37. The van der Waals surface area contributed by atoms with Crippen LogP contribution in [0.2, 0.25) is 0 Å². The predicted molar refractivity (Wildman–Crippen MR) is 133 cm³/mol. The van der Waals surface area contributed by atoms with Crippen LogP contribution in [0.15, 0.2) is 71.8 Å². The summed E-state index contributed by atoms with van der Waals surface area (Å²) >= 11 is 0. The second-order valence-corrected chi connectivity index (χ2v) is 10.1. The van der Waals surface area contributed by atoms with E-state index >= 15 is 0 Å². The molecule has 0 saturated heterocycles. The Balaban J connectivity index is 1.76. The number of nitrogens with zero attached hydrogens (tertiary/aromatic N) is 1. The molecular formula is C25H21F6N3O5S. The van der Waals surface area contributed by atoms with Crippen molar-refractivity contribution >= 4 is 32.3 Å². The molecule has 4 aromatic rings. The molecule has 0 spiro atoms. The number of anilines is 2. The molecule has 1 aromatic heterocycles. The van der Waals surface area contributed by atoms with Crippen LogP contribution in [-0.4, -0.2) is 39.3 Å². The Bertz CT molecular complexity index is 1630. The van der Waals surface area contributed by atoms with Crippen molar-refractivity contribution in [2.75, 3.05) is 19.5 Å². The van der Waals surface area contributed by atoms with Crippen molar-refractivity contribution in [3.63, 3.8) is 0 Å². The average Bonchev–Trinajstić information content (AvgIpc) is 3.22. The Morgan fingerprint density at radius 3 is 2.17 bits per heavy atom. The van der Waals surface area contributed by atoms with E-state index in [-0.39, 0.29) is 23.5 Å². The van der Waals surface area contributed by atoms with Crippen molar-refractivity contribution in [2.24, 2.45) is 0 Å². The molecule has 0 unspecified atom stereocenters. The first-order valence-corrected chi connectivity index (χ1v) is 12.7. The van der Waals surface area contributed by atoms with E-state index in [1.54, 1.807) is 19.2 Å². The number of hydrogen-bond donors (Lipinski definition) is 2. The zero-order valence-corrected chi connectivity index (χ0v) is 21.5. The molecule has 8 nitrogen and oxygen atoms in total. The van der Waals surface area contributed by atoms with Crippen LogP contribution in [0, 0.1) is 0 Å². The summed E-state index contributed by atoms with van der Waals surface area (Å²) in [6.07, 6.45) is -8.56. The van der Waals surface area contributed by atoms with Gasteiger partial charge in [-0.1, -0.05) is 12.1 Å². The third-order valence-corrected chi connectivity index (χ3v) is 7.17. The van der Waals surface area contributed by atoms with Gasteiger partial charge in [-0.3, -0.25) is 0 Å². The quantitative estimate of drug-likeness (QED) is 0.227. The van der Waals surface area contributed by atoms with E-state index in [2.05, 4.69) is 20.1 Å². The smallest absolute Gasteiger partial charge is 0.494 e. The van der Waals surface area contributed by atoms with Crippen LogP contribution >= 0.6 is 0 Å². The zero-order valence-electron chi connectivity index (χ0n) is 20.7. The molecule has 4 rings (SSSR count). The number of rotatable bonds is 9. The summed E-state index contributed by atoms with van der Waals surface area (Å²) in [5.41, 5.74) is 1.37. The van der Waals surface area contributed by atoms with Crippen LogP contribution in [0.1, 0.15) is 5.56 Å². The van der Waals surface area contributed by atoms with Gasteiger partial charge in [-0.15, -0.1) is 26.3 Å². The fourth-order valence-electron chi connectivity index (χ4n) is 3.95. The number of methoxy groups -OCH3 is 1. The number of benzene rings is 3. The highest BCUT2D eigenvalue weighted by Crippen LogP contribution is 2.36. The molecule has 0 saturated carbocycles. The van der Waals surface area contributed by atoms with Crippen LogP contribution in [-0.2, 0) is 16.6 Å². The van der Waals surface area contributed by atoms with Crippen LogP contribution in [0.25, 0.3) is 10.9 Å². The maximum atomic E-state index is 13.6. The lowest BCUT2D eigenvalue weighted by molar-refractivity contribution is -0.275. The number of fused-ring (bicyclic) bond motifs is 1. The number of ether oxygens (including phenoxy) is 3. The number of halogens is 6. The van der Waals surface area contributed by atoms with Crippen molar-refractivity contribution in [3.05, 3.63) is 72.4 Å². The minimum absolute atomic E-state index is 0.0159. The molecule has 0 aliphatic rings. The highest BCUT2D eigenvalue weighted by molar-refractivity contribution is 7.90. The Morgan fingerprint density at radius 1 is 0.875 bits per heavy atom. The standard InChI is InChI=1S/C25H21F6N3O5S/c1-32-13-15-14-34(40(35,36)19-5-3-4-17(11-19)38-24(26,27)28)22-10-16(6-8-20(15)22)33-21-9-7-18(12-23(21)37-2)39-25(29,30)31/h3-12,14,32-33H,13H2,1-2H3. The van der Waals surface area contributed by atoms with Crippen molar-refractivity contribution in [3.8, 4) is 17.2 Å². The maximum Gasteiger partial charge on any atom is 0.573 e. The average molecular weight is 590 g/mol. The van der Waals surface area contributed by atoms with Gasteiger partial charge >= 0.3 is 12.7 Å². The third-order valence-electron chi connectivity index (χ3n) is 5.50. The highest BCUT2D eigenvalue weighted by atomic mass is 32.2. The summed E-state index contributed by atoms with van der Waals surface area (Å²) in [4.78, 5) is -0.442. The topological polar surface area (TPSA) is 90.8 Å². The first kappa shape index (κ1) is 28.9. The largest absolute Gasteiger partial charge is 0.573 e. The van der Waals surface area contributed by atoms with E-state index in [0.29, 0.717) is 16.6 Å². The second kappa shape index (κ2) is 10.8. The van der Waals surface area contributed by atoms with E-state index in [9.17, 15) is 34.8 Å². The van der Waals surface area contributed by atoms with Crippen molar-refractivity contribution < 1.29 is 49.0 Å². The highest BCUT2D eigenvalue weighted by Gasteiger charge is 2.32. The van der Waals surface area contributed by atoms with Gasteiger partial charge in [0.25, 0.3) is 10.0 Å². The molecular weight excluding hydrogens is 568 g/mol. The normalized spacial score (nSPS) is 12.4. The van der Waals surface area contributed by atoms with Crippen LogP contribution in [0.4, 0.5) is 37.7 Å². The first-order chi connectivity index (χ1) is 18.7. The van der Waals surface area contributed by atoms with Gasteiger partial charge in [-0.25, -0.2) is 12.4 Å². The summed E-state index contributed by atoms with van der Waals surface area (Å²) in [6, 6.07) is 12.1. The summed E-state index contributed by atoms with van der Waals surface area (Å²) in [7, 11) is -1.49. The number of aromatic nitrogens is 1. The van der Waals surface area contributed by atoms with Crippen LogP contribution < -0.4 is 24.8 Å². The van der Waals surface area contributed by atoms with Crippen molar-refractivity contribution in [2.45, 2.75) is 24.2 Å². The van der Waals surface area contributed by atoms with Gasteiger partial charge in [0, 0.05) is 35.9 Å². The van der Waals surface area contributed by atoms with E-state index in [1.165, 1.54) is 25.4 Å². The number of alkyl halides is 6. The predicted octanol–water partition coefficient (Wildman–Crippen LogP) is 6.15. The second-order valence-electron chi connectivity index (χ2n) is 8.28. The molecule has 0 radical (unpaired) electrons. The molecule has 0 amide bonds. The summed E-state index contributed by atoms with van der Waals surface area (Å²) < 4.78 is 117. The Hall–Kier alpha value is -4.11. The lowest BCUT2D eigenvalue weighted by atomic mass is 10.1. The lowest BCUT2D eigenvalue weighted by Crippen LogP contribution is -2.18. The molecule has 15 heteroatoms. The number of hydrogen-bond acceptors (Lipinski definition) is 7. The first-order valence-electron chi connectivity index (χ1n) is 11.3. The van der Waals surface area contributed by atoms with Crippen LogP contribution in [0.5, 0.6) is 17.2 Å².